The molecule has 0 aliphatic carbocycles. The minimum Gasteiger partial charge on any atom is -0.492 e. The van der Waals surface area contributed by atoms with Crippen LogP contribution in [0.4, 0.5) is 0 Å². The molecule has 1 atom stereocenters. The van der Waals surface area contributed by atoms with E-state index in [0.717, 1.165) is 31.7 Å². The molecule has 1 aliphatic rings. The fraction of sp³-hybridized carbons (Fsp3) is 0.500. The normalized spacial score (nSPS) is 18.0. The van der Waals surface area contributed by atoms with Crippen molar-refractivity contribution >= 4 is 17.3 Å². The molecule has 0 bridgehead atoms. The number of rotatable bonds is 6. The Morgan fingerprint density at radius 2 is 2.16 bits per heavy atom. The molecule has 104 valence electrons. The van der Waals surface area contributed by atoms with Crippen LogP contribution in [0.15, 0.2) is 30.3 Å². The van der Waals surface area contributed by atoms with Gasteiger partial charge in [-0.1, -0.05) is 18.2 Å². The van der Waals surface area contributed by atoms with E-state index in [4.69, 9.17) is 21.7 Å². The molecule has 5 heteroatoms. The topological polar surface area (TPSA) is 42.5 Å². The van der Waals surface area contributed by atoms with Gasteiger partial charge in [0.2, 0.25) is 0 Å². The summed E-state index contributed by atoms with van der Waals surface area (Å²) in [6.45, 7) is 2.93. The van der Waals surface area contributed by atoms with Crippen LogP contribution in [0.3, 0.4) is 0 Å². The summed E-state index contributed by atoms with van der Waals surface area (Å²) in [5, 5.41) is 6.94. The lowest BCUT2D eigenvalue weighted by Gasteiger charge is -2.14. The number of nitrogens with one attached hydrogen (secondary N) is 2. The third kappa shape index (κ3) is 5.44. The number of hydrogen-bond acceptors (Lipinski definition) is 3. The van der Waals surface area contributed by atoms with E-state index < -0.39 is 0 Å². The van der Waals surface area contributed by atoms with E-state index in [0.29, 0.717) is 24.4 Å². The van der Waals surface area contributed by atoms with E-state index in [1.54, 1.807) is 0 Å². The molecule has 2 N–H and O–H groups in total. The zero-order valence-corrected chi connectivity index (χ0v) is 11.7. The maximum Gasteiger partial charge on any atom is 0.166 e. The summed E-state index contributed by atoms with van der Waals surface area (Å²) < 4.78 is 11.1. The third-order valence-electron chi connectivity index (χ3n) is 2.91. The molecule has 1 saturated heterocycles. The van der Waals surface area contributed by atoms with Crippen molar-refractivity contribution in [1.82, 2.24) is 10.6 Å². The second-order valence-corrected chi connectivity index (χ2v) is 4.84. The first-order chi connectivity index (χ1) is 9.34. The van der Waals surface area contributed by atoms with E-state index in [2.05, 4.69) is 10.6 Å². The van der Waals surface area contributed by atoms with Crippen LogP contribution in [0, 0.1) is 0 Å². The molecule has 0 aromatic heterocycles. The van der Waals surface area contributed by atoms with Gasteiger partial charge < -0.3 is 20.1 Å². The summed E-state index contributed by atoms with van der Waals surface area (Å²) in [6, 6.07) is 9.75. The Bertz CT molecular complexity index is 380. The third-order valence-corrected chi connectivity index (χ3v) is 3.20. The van der Waals surface area contributed by atoms with Crippen LogP contribution in [-0.4, -0.2) is 37.5 Å². The van der Waals surface area contributed by atoms with Gasteiger partial charge in [0, 0.05) is 13.2 Å². The molecular formula is C14H20N2O2S. The highest BCUT2D eigenvalue weighted by molar-refractivity contribution is 7.80. The standard InChI is InChI=1S/C14H20N2O2S/c19-14(16-11-13-7-4-9-17-13)15-8-10-18-12-5-2-1-3-6-12/h1-3,5-6,13H,4,7-11H2,(H2,15,16,19)/t13-/m0/s1. The predicted octanol–water partition coefficient (Wildman–Crippen LogP) is 1.71. The molecular weight excluding hydrogens is 260 g/mol. The molecule has 1 heterocycles. The molecule has 0 radical (unpaired) electrons. The van der Waals surface area contributed by atoms with Gasteiger partial charge in [0.05, 0.1) is 12.6 Å². The van der Waals surface area contributed by atoms with Gasteiger partial charge >= 0.3 is 0 Å². The SMILES string of the molecule is S=C(NCCOc1ccccc1)NC[C@@H]1CCCO1. The van der Waals surface area contributed by atoms with Crippen LogP contribution in [0.1, 0.15) is 12.8 Å². The van der Waals surface area contributed by atoms with Crippen LogP contribution in [0.5, 0.6) is 5.75 Å². The van der Waals surface area contributed by atoms with E-state index in [9.17, 15) is 0 Å². The second-order valence-electron chi connectivity index (χ2n) is 4.43. The Hall–Kier alpha value is -1.33. The molecule has 1 aliphatic heterocycles. The van der Waals surface area contributed by atoms with Crippen LogP contribution in [-0.2, 0) is 4.74 Å². The van der Waals surface area contributed by atoms with E-state index in [-0.39, 0.29) is 0 Å². The molecule has 2 rings (SSSR count). The van der Waals surface area contributed by atoms with Crippen molar-refractivity contribution in [3.63, 3.8) is 0 Å². The van der Waals surface area contributed by atoms with E-state index in [1.165, 1.54) is 0 Å². The molecule has 4 nitrogen and oxygen atoms in total. The van der Waals surface area contributed by atoms with Crippen molar-refractivity contribution < 1.29 is 9.47 Å². The highest BCUT2D eigenvalue weighted by Crippen LogP contribution is 2.10. The van der Waals surface area contributed by atoms with Gasteiger partial charge in [-0.3, -0.25) is 0 Å². The lowest BCUT2D eigenvalue weighted by Crippen LogP contribution is -2.40. The number of para-hydroxylation sites is 1. The highest BCUT2D eigenvalue weighted by Gasteiger charge is 2.14. The van der Waals surface area contributed by atoms with Crippen molar-refractivity contribution in [2.24, 2.45) is 0 Å². The van der Waals surface area contributed by atoms with Gasteiger partial charge in [-0.05, 0) is 37.2 Å². The summed E-state index contributed by atoms with van der Waals surface area (Å²) in [5.41, 5.74) is 0. The Morgan fingerprint density at radius 1 is 1.32 bits per heavy atom. The van der Waals surface area contributed by atoms with Crippen LogP contribution < -0.4 is 15.4 Å². The lowest BCUT2D eigenvalue weighted by molar-refractivity contribution is 0.114. The molecule has 0 saturated carbocycles. The van der Waals surface area contributed by atoms with Crippen LogP contribution in [0.25, 0.3) is 0 Å². The van der Waals surface area contributed by atoms with Crippen molar-refractivity contribution in [2.75, 3.05) is 26.3 Å². The summed E-state index contributed by atoms with van der Waals surface area (Å²) in [6.07, 6.45) is 2.57. The average molecular weight is 280 g/mol. The fourth-order valence-electron chi connectivity index (χ4n) is 1.92. The summed E-state index contributed by atoms with van der Waals surface area (Å²) in [7, 11) is 0. The summed E-state index contributed by atoms with van der Waals surface area (Å²) in [4.78, 5) is 0. The average Bonchev–Trinajstić information content (AvgIpc) is 2.96. The fourth-order valence-corrected chi connectivity index (χ4v) is 2.11. The van der Waals surface area contributed by atoms with E-state index >= 15 is 0 Å². The van der Waals surface area contributed by atoms with Gasteiger partial charge in [-0.2, -0.15) is 0 Å². The first kappa shape index (κ1) is 14.1. The van der Waals surface area contributed by atoms with E-state index in [1.807, 2.05) is 30.3 Å². The van der Waals surface area contributed by atoms with Gasteiger partial charge in [0.15, 0.2) is 5.11 Å². The summed E-state index contributed by atoms with van der Waals surface area (Å²) in [5.74, 6) is 0.877. The Labute approximate surface area is 119 Å². The zero-order chi connectivity index (χ0) is 13.3. The molecule has 1 aromatic rings. The first-order valence-corrected chi connectivity index (χ1v) is 7.06. The highest BCUT2D eigenvalue weighted by atomic mass is 32.1. The Balaban J connectivity index is 1.51. The van der Waals surface area contributed by atoms with Crippen molar-refractivity contribution in [3.05, 3.63) is 30.3 Å². The Morgan fingerprint density at radius 3 is 2.89 bits per heavy atom. The number of hydrogen-bond donors (Lipinski definition) is 2. The van der Waals surface area contributed by atoms with Crippen LogP contribution >= 0.6 is 12.2 Å². The van der Waals surface area contributed by atoms with Gasteiger partial charge in [-0.15, -0.1) is 0 Å². The number of ether oxygens (including phenoxy) is 2. The molecule has 1 aromatic carbocycles. The zero-order valence-electron chi connectivity index (χ0n) is 10.9. The first-order valence-electron chi connectivity index (χ1n) is 6.66. The predicted molar refractivity (Wildman–Crippen MR) is 79.5 cm³/mol. The van der Waals surface area contributed by atoms with Crippen LogP contribution in [0.2, 0.25) is 0 Å². The molecule has 1 fully saturated rings. The maximum atomic E-state index is 5.56. The number of thiocarbonyl (C=S) groups is 1. The van der Waals surface area contributed by atoms with Crippen molar-refractivity contribution in [3.8, 4) is 5.75 Å². The molecule has 0 amide bonds. The minimum atomic E-state index is 0.306. The largest absolute Gasteiger partial charge is 0.492 e. The molecule has 0 spiro atoms. The van der Waals surface area contributed by atoms with Gasteiger partial charge in [0.1, 0.15) is 12.4 Å². The maximum absolute atomic E-state index is 5.56. The Kier molecular flexibility index (Phi) is 5.91. The minimum absolute atomic E-state index is 0.306. The second kappa shape index (κ2) is 7.96. The molecule has 0 unspecified atom stereocenters. The molecule has 19 heavy (non-hydrogen) atoms. The van der Waals surface area contributed by atoms with Crippen molar-refractivity contribution in [2.45, 2.75) is 18.9 Å². The van der Waals surface area contributed by atoms with Gasteiger partial charge in [0.25, 0.3) is 0 Å². The van der Waals surface area contributed by atoms with Gasteiger partial charge in [-0.25, -0.2) is 0 Å². The monoisotopic (exact) mass is 280 g/mol. The number of benzene rings is 1. The van der Waals surface area contributed by atoms with Crippen molar-refractivity contribution in [1.29, 1.82) is 0 Å². The quantitative estimate of drug-likeness (QED) is 0.613. The lowest BCUT2D eigenvalue weighted by atomic mass is 10.2. The smallest absolute Gasteiger partial charge is 0.166 e. The summed E-state index contributed by atoms with van der Waals surface area (Å²) >= 11 is 5.19.